The van der Waals surface area contributed by atoms with Crippen molar-refractivity contribution < 1.29 is 9.53 Å². The number of pyridine rings is 1. The third kappa shape index (κ3) is 4.83. The monoisotopic (exact) mass is 466 g/mol. The molecule has 0 unspecified atom stereocenters. The van der Waals surface area contributed by atoms with Crippen molar-refractivity contribution in [1.82, 2.24) is 9.30 Å². The standard InChI is InChI=1S/C26H24Cl2N2O2/c1-29(2)13-5-15-32-21-10-7-18(8-11-21)26(31)25-22(17-20-6-3-4-14-30(20)25)19-9-12-23(27)24(28)16-19/h3-4,6-12,14,16-17H,5,13,15H2,1-2H3. The molecule has 32 heavy (non-hydrogen) atoms. The first-order chi connectivity index (χ1) is 15.4. The molecule has 2 heterocycles. The van der Waals surface area contributed by atoms with Gasteiger partial charge in [0.1, 0.15) is 11.4 Å². The summed E-state index contributed by atoms with van der Waals surface area (Å²) in [6, 6.07) is 20.6. The molecular formula is C26H24Cl2N2O2. The second-order valence-electron chi connectivity index (χ2n) is 7.89. The molecule has 0 spiro atoms. The molecule has 0 aliphatic heterocycles. The Morgan fingerprint density at radius 1 is 0.969 bits per heavy atom. The fourth-order valence-electron chi connectivity index (χ4n) is 3.65. The second-order valence-corrected chi connectivity index (χ2v) is 8.70. The maximum atomic E-state index is 13.6. The number of rotatable bonds is 8. The third-order valence-electron chi connectivity index (χ3n) is 5.26. The Morgan fingerprint density at radius 2 is 1.75 bits per heavy atom. The first kappa shape index (κ1) is 22.4. The van der Waals surface area contributed by atoms with Gasteiger partial charge in [-0.25, -0.2) is 0 Å². The van der Waals surface area contributed by atoms with E-state index in [0.717, 1.165) is 35.4 Å². The van der Waals surface area contributed by atoms with Crippen molar-refractivity contribution in [3.05, 3.63) is 94.2 Å². The van der Waals surface area contributed by atoms with Gasteiger partial charge in [0, 0.05) is 29.4 Å². The summed E-state index contributed by atoms with van der Waals surface area (Å²) in [6.07, 6.45) is 2.84. The summed E-state index contributed by atoms with van der Waals surface area (Å²) >= 11 is 12.4. The molecule has 0 N–H and O–H groups in total. The van der Waals surface area contributed by atoms with Crippen LogP contribution in [0, 0.1) is 0 Å². The Labute approximate surface area is 197 Å². The van der Waals surface area contributed by atoms with Crippen molar-refractivity contribution in [2.75, 3.05) is 27.2 Å². The van der Waals surface area contributed by atoms with Gasteiger partial charge in [-0.2, -0.15) is 0 Å². The Morgan fingerprint density at radius 3 is 2.47 bits per heavy atom. The fourth-order valence-corrected chi connectivity index (χ4v) is 3.95. The van der Waals surface area contributed by atoms with Crippen LogP contribution < -0.4 is 4.74 Å². The molecule has 0 bridgehead atoms. The van der Waals surface area contributed by atoms with Crippen LogP contribution in [0.25, 0.3) is 16.6 Å². The van der Waals surface area contributed by atoms with E-state index in [1.165, 1.54) is 0 Å². The first-order valence-corrected chi connectivity index (χ1v) is 11.2. The van der Waals surface area contributed by atoms with Crippen LogP contribution in [0.5, 0.6) is 5.75 Å². The average Bonchev–Trinajstić information content (AvgIpc) is 3.18. The van der Waals surface area contributed by atoms with Crippen LogP contribution in [0.15, 0.2) is 72.9 Å². The molecule has 0 atom stereocenters. The van der Waals surface area contributed by atoms with Crippen LogP contribution in [0.2, 0.25) is 10.0 Å². The normalized spacial score (nSPS) is 11.3. The zero-order chi connectivity index (χ0) is 22.7. The molecule has 0 radical (unpaired) electrons. The maximum absolute atomic E-state index is 13.6. The van der Waals surface area contributed by atoms with Gasteiger partial charge in [-0.15, -0.1) is 0 Å². The number of hydrogen-bond acceptors (Lipinski definition) is 3. The minimum absolute atomic E-state index is 0.0727. The van der Waals surface area contributed by atoms with Crippen molar-refractivity contribution in [1.29, 1.82) is 0 Å². The first-order valence-electron chi connectivity index (χ1n) is 10.4. The highest BCUT2D eigenvalue weighted by atomic mass is 35.5. The van der Waals surface area contributed by atoms with Gasteiger partial charge in [-0.05, 0) is 80.7 Å². The maximum Gasteiger partial charge on any atom is 0.210 e. The van der Waals surface area contributed by atoms with E-state index in [-0.39, 0.29) is 5.78 Å². The van der Waals surface area contributed by atoms with Gasteiger partial charge < -0.3 is 14.0 Å². The van der Waals surface area contributed by atoms with Crippen LogP contribution in [0.1, 0.15) is 22.5 Å². The van der Waals surface area contributed by atoms with Crippen LogP contribution in [-0.4, -0.2) is 42.3 Å². The Bertz CT molecular complexity index is 1250. The fraction of sp³-hybridized carbons (Fsp3) is 0.192. The molecular weight excluding hydrogens is 443 g/mol. The van der Waals surface area contributed by atoms with Gasteiger partial charge in [-0.1, -0.05) is 35.3 Å². The Kier molecular flexibility index (Phi) is 6.85. The van der Waals surface area contributed by atoms with Crippen LogP contribution in [-0.2, 0) is 0 Å². The summed E-state index contributed by atoms with van der Waals surface area (Å²) in [7, 11) is 4.08. The van der Waals surface area contributed by atoms with Crippen molar-refractivity contribution in [2.24, 2.45) is 0 Å². The highest BCUT2D eigenvalue weighted by Crippen LogP contribution is 2.33. The van der Waals surface area contributed by atoms with Crippen molar-refractivity contribution in [2.45, 2.75) is 6.42 Å². The highest BCUT2D eigenvalue weighted by Gasteiger charge is 2.21. The van der Waals surface area contributed by atoms with E-state index in [4.69, 9.17) is 27.9 Å². The molecule has 4 nitrogen and oxygen atoms in total. The van der Waals surface area contributed by atoms with Gasteiger partial charge in [0.15, 0.2) is 0 Å². The molecule has 0 saturated carbocycles. The van der Waals surface area contributed by atoms with Crippen LogP contribution >= 0.6 is 23.2 Å². The predicted octanol–water partition coefficient (Wildman–Crippen LogP) is 6.47. The summed E-state index contributed by atoms with van der Waals surface area (Å²) in [5.74, 6) is 0.682. The SMILES string of the molecule is CN(C)CCCOc1ccc(C(=O)c2c(-c3ccc(Cl)c(Cl)c3)cc3ccccn23)cc1. The number of carbonyl (C=O) groups excluding carboxylic acids is 1. The zero-order valence-electron chi connectivity index (χ0n) is 18.0. The molecule has 0 amide bonds. The minimum Gasteiger partial charge on any atom is -0.494 e. The lowest BCUT2D eigenvalue weighted by molar-refractivity contribution is 0.103. The second kappa shape index (κ2) is 9.78. The van der Waals surface area contributed by atoms with E-state index >= 15 is 0 Å². The lowest BCUT2D eigenvalue weighted by Gasteiger charge is -2.11. The van der Waals surface area contributed by atoms with Gasteiger partial charge in [-0.3, -0.25) is 4.79 Å². The molecule has 0 aliphatic rings. The number of ketones is 1. The summed E-state index contributed by atoms with van der Waals surface area (Å²) < 4.78 is 7.71. The predicted molar refractivity (Wildman–Crippen MR) is 131 cm³/mol. The van der Waals surface area contributed by atoms with E-state index in [9.17, 15) is 4.79 Å². The largest absolute Gasteiger partial charge is 0.494 e. The van der Waals surface area contributed by atoms with Crippen molar-refractivity contribution >= 4 is 34.5 Å². The van der Waals surface area contributed by atoms with Gasteiger partial charge in [0.2, 0.25) is 5.78 Å². The van der Waals surface area contributed by atoms with Crippen LogP contribution in [0.4, 0.5) is 0 Å². The Balaban J connectivity index is 1.65. The van der Waals surface area contributed by atoms with Crippen molar-refractivity contribution in [3.8, 4) is 16.9 Å². The summed E-state index contributed by atoms with van der Waals surface area (Å²) in [5.41, 5.74) is 3.75. The molecule has 164 valence electrons. The number of aromatic nitrogens is 1. The molecule has 0 saturated heterocycles. The number of hydrogen-bond donors (Lipinski definition) is 0. The van der Waals surface area contributed by atoms with Crippen LogP contribution in [0.3, 0.4) is 0 Å². The van der Waals surface area contributed by atoms with E-state index in [1.54, 1.807) is 12.1 Å². The number of benzene rings is 2. The smallest absolute Gasteiger partial charge is 0.210 e. The van der Waals surface area contributed by atoms with E-state index in [0.29, 0.717) is 27.9 Å². The lowest BCUT2D eigenvalue weighted by atomic mass is 10.00. The number of nitrogens with zero attached hydrogens (tertiary/aromatic N) is 2. The van der Waals surface area contributed by atoms with E-state index in [1.807, 2.05) is 79.3 Å². The summed E-state index contributed by atoms with van der Waals surface area (Å²) in [6.45, 7) is 1.60. The molecule has 2 aromatic carbocycles. The van der Waals surface area contributed by atoms with E-state index in [2.05, 4.69) is 4.90 Å². The zero-order valence-corrected chi connectivity index (χ0v) is 19.5. The van der Waals surface area contributed by atoms with Gasteiger partial charge >= 0.3 is 0 Å². The molecule has 2 aromatic heterocycles. The molecule has 0 aliphatic carbocycles. The quantitative estimate of drug-likeness (QED) is 0.220. The third-order valence-corrected chi connectivity index (χ3v) is 6.00. The average molecular weight is 467 g/mol. The topological polar surface area (TPSA) is 34.0 Å². The number of ether oxygens (including phenoxy) is 1. The summed E-state index contributed by atoms with van der Waals surface area (Å²) in [4.78, 5) is 15.7. The highest BCUT2D eigenvalue weighted by molar-refractivity contribution is 6.42. The Hall–Kier alpha value is -2.79. The molecule has 4 rings (SSSR count). The van der Waals surface area contributed by atoms with Gasteiger partial charge in [0.25, 0.3) is 0 Å². The lowest BCUT2D eigenvalue weighted by Crippen LogP contribution is -2.15. The van der Waals surface area contributed by atoms with E-state index < -0.39 is 0 Å². The molecule has 0 fully saturated rings. The summed E-state index contributed by atoms with van der Waals surface area (Å²) in [5, 5.41) is 0.932. The molecule has 4 aromatic rings. The number of carbonyl (C=O) groups is 1. The van der Waals surface area contributed by atoms with Crippen molar-refractivity contribution in [3.63, 3.8) is 0 Å². The van der Waals surface area contributed by atoms with Gasteiger partial charge in [0.05, 0.1) is 16.7 Å². The number of halogens is 2. The molecule has 6 heteroatoms. The number of fused-ring (bicyclic) bond motifs is 1. The minimum atomic E-state index is -0.0727.